The lowest BCUT2D eigenvalue weighted by atomic mass is 9.84. The van der Waals surface area contributed by atoms with Crippen LogP contribution in [0.2, 0.25) is 0 Å². The van der Waals surface area contributed by atoms with Crippen molar-refractivity contribution in [2.45, 2.75) is 51.7 Å². The number of likely N-dealkylation sites (N-methyl/N-ethyl adjacent to an activating group) is 1. The molecule has 1 aromatic carbocycles. The third kappa shape index (κ3) is 4.14. The SMILES string of the molecule is CCN(CC(=O)O)C1CC(NC(C)c2ccc(-n3ccnc3C)cc2)C1. The first-order chi connectivity index (χ1) is 12.5. The molecule has 1 aliphatic carbocycles. The molecule has 1 atom stereocenters. The Balaban J connectivity index is 1.52. The number of nitrogens with one attached hydrogen (secondary N) is 1. The van der Waals surface area contributed by atoms with Crippen molar-refractivity contribution in [3.05, 3.63) is 48.0 Å². The van der Waals surface area contributed by atoms with Gasteiger partial charge in [-0.05, 0) is 50.9 Å². The molecular formula is C20H28N4O2. The number of aromatic nitrogens is 2. The minimum Gasteiger partial charge on any atom is -0.480 e. The molecule has 2 aromatic rings. The Morgan fingerprint density at radius 1 is 1.38 bits per heavy atom. The van der Waals surface area contributed by atoms with Crippen LogP contribution in [0.1, 0.15) is 44.1 Å². The van der Waals surface area contributed by atoms with Crippen molar-refractivity contribution in [3.8, 4) is 5.69 Å². The van der Waals surface area contributed by atoms with Gasteiger partial charge in [0.25, 0.3) is 0 Å². The normalized spacial score (nSPS) is 20.8. The Bertz CT molecular complexity index is 735. The highest BCUT2D eigenvalue weighted by molar-refractivity contribution is 5.69. The Morgan fingerprint density at radius 2 is 2.08 bits per heavy atom. The van der Waals surface area contributed by atoms with Crippen LogP contribution >= 0.6 is 0 Å². The van der Waals surface area contributed by atoms with E-state index < -0.39 is 5.97 Å². The molecule has 1 unspecified atom stereocenters. The summed E-state index contributed by atoms with van der Waals surface area (Å²) in [6.45, 7) is 7.12. The smallest absolute Gasteiger partial charge is 0.317 e. The van der Waals surface area contributed by atoms with Crippen molar-refractivity contribution < 1.29 is 9.90 Å². The predicted octanol–water partition coefficient (Wildman–Crippen LogP) is 2.77. The van der Waals surface area contributed by atoms with Gasteiger partial charge in [0, 0.05) is 36.2 Å². The van der Waals surface area contributed by atoms with E-state index in [0.717, 1.165) is 30.9 Å². The summed E-state index contributed by atoms with van der Waals surface area (Å²) in [5, 5.41) is 12.7. The largest absolute Gasteiger partial charge is 0.480 e. The van der Waals surface area contributed by atoms with Crippen molar-refractivity contribution in [2.24, 2.45) is 0 Å². The highest BCUT2D eigenvalue weighted by Gasteiger charge is 2.34. The van der Waals surface area contributed by atoms with Gasteiger partial charge in [0.15, 0.2) is 0 Å². The third-order valence-corrected chi connectivity index (χ3v) is 5.36. The number of carboxylic acids is 1. The molecule has 6 heteroatoms. The first kappa shape index (κ1) is 18.6. The Kier molecular flexibility index (Phi) is 5.74. The van der Waals surface area contributed by atoms with E-state index in [1.807, 2.05) is 31.1 Å². The molecule has 2 N–H and O–H groups in total. The molecule has 1 fully saturated rings. The lowest BCUT2D eigenvalue weighted by Crippen LogP contribution is -2.54. The molecule has 1 heterocycles. The van der Waals surface area contributed by atoms with Crippen molar-refractivity contribution in [3.63, 3.8) is 0 Å². The summed E-state index contributed by atoms with van der Waals surface area (Å²) in [6.07, 6.45) is 5.80. The van der Waals surface area contributed by atoms with Gasteiger partial charge in [-0.15, -0.1) is 0 Å². The van der Waals surface area contributed by atoms with Gasteiger partial charge in [-0.25, -0.2) is 4.98 Å². The van der Waals surface area contributed by atoms with Crippen LogP contribution in [0.15, 0.2) is 36.7 Å². The number of imidazole rings is 1. The molecule has 1 aliphatic rings. The van der Waals surface area contributed by atoms with Crippen LogP contribution in [0.4, 0.5) is 0 Å². The van der Waals surface area contributed by atoms with Gasteiger partial charge < -0.3 is 15.0 Å². The topological polar surface area (TPSA) is 70.4 Å². The molecule has 0 bridgehead atoms. The van der Waals surface area contributed by atoms with E-state index in [0.29, 0.717) is 12.1 Å². The van der Waals surface area contributed by atoms with Crippen LogP contribution in [0.25, 0.3) is 5.69 Å². The fourth-order valence-electron chi connectivity index (χ4n) is 3.72. The second-order valence-corrected chi connectivity index (χ2v) is 7.10. The Labute approximate surface area is 154 Å². The number of hydrogen-bond acceptors (Lipinski definition) is 4. The molecule has 0 saturated heterocycles. The van der Waals surface area contributed by atoms with Crippen LogP contribution in [-0.4, -0.2) is 50.7 Å². The predicted molar refractivity (Wildman–Crippen MR) is 102 cm³/mol. The molecule has 1 aromatic heterocycles. The summed E-state index contributed by atoms with van der Waals surface area (Å²) in [4.78, 5) is 17.2. The van der Waals surface area contributed by atoms with Crippen LogP contribution in [0, 0.1) is 6.92 Å². The molecule has 0 spiro atoms. The molecule has 26 heavy (non-hydrogen) atoms. The lowest BCUT2D eigenvalue weighted by Gasteiger charge is -2.43. The maximum absolute atomic E-state index is 10.9. The number of aliphatic carboxylic acids is 1. The fraction of sp³-hybridized carbons (Fsp3) is 0.500. The quantitative estimate of drug-likeness (QED) is 0.761. The minimum absolute atomic E-state index is 0.137. The minimum atomic E-state index is -0.746. The molecule has 0 amide bonds. The summed E-state index contributed by atoms with van der Waals surface area (Å²) in [5.74, 6) is 0.233. The Hall–Kier alpha value is -2.18. The summed E-state index contributed by atoms with van der Waals surface area (Å²) < 4.78 is 2.07. The third-order valence-electron chi connectivity index (χ3n) is 5.36. The number of carbonyl (C=O) groups is 1. The Morgan fingerprint density at radius 3 is 2.62 bits per heavy atom. The first-order valence-corrected chi connectivity index (χ1v) is 9.30. The molecule has 0 radical (unpaired) electrons. The van der Waals surface area contributed by atoms with Gasteiger partial charge in [0.1, 0.15) is 5.82 Å². The van der Waals surface area contributed by atoms with Crippen LogP contribution in [0.5, 0.6) is 0 Å². The van der Waals surface area contributed by atoms with Gasteiger partial charge >= 0.3 is 5.97 Å². The highest BCUT2D eigenvalue weighted by Crippen LogP contribution is 2.28. The molecule has 140 valence electrons. The summed E-state index contributed by atoms with van der Waals surface area (Å²) >= 11 is 0. The maximum Gasteiger partial charge on any atom is 0.317 e. The van der Waals surface area contributed by atoms with Crippen molar-refractivity contribution in [2.75, 3.05) is 13.1 Å². The molecule has 0 aliphatic heterocycles. The second-order valence-electron chi connectivity index (χ2n) is 7.10. The van der Waals surface area contributed by atoms with E-state index in [4.69, 9.17) is 5.11 Å². The van der Waals surface area contributed by atoms with Gasteiger partial charge in [0.2, 0.25) is 0 Å². The van der Waals surface area contributed by atoms with Gasteiger partial charge in [-0.1, -0.05) is 19.1 Å². The van der Waals surface area contributed by atoms with E-state index in [1.54, 1.807) is 0 Å². The van der Waals surface area contributed by atoms with Gasteiger partial charge in [0.05, 0.1) is 6.54 Å². The monoisotopic (exact) mass is 356 g/mol. The molecule has 6 nitrogen and oxygen atoms in total. The summed E-state index contributed by atoms with van der Waals surface area (Å²) in [7, 11) is 0. The lowest BCUT2D eigenvalue weighted by molar-refractivity contribution is -0.139. The van der Waals surface area contributed by atoms with Gasteiger partial charge in [-0.2, -0.15) is 0 Å². The summed E-state index contributed by atoms with van der Waals surface area (Å²) in [6, 6.07) is 9.67. The van der Waals surface area contributed by atoms with Crippen LogP contribution in [-0.2, 0) is 4.79 Å². The number of aryl methyl sites for hydroxylation is 1. The number of benzene rings is 1. The zero-order chi connectivity index (χ0) is 18.7. The van der Waals surface area contributed by atoms with Crippen molar-refractivity contribution >= 4 is 5.97 Å². The van der Waals surface area contributed by atoms with E-state index in [9.17, 15) is 4.79 Å². The zero-order valence-electron chi connectivity index (χ0n) is 15.7. The second kappa shape index (κ2) is 8.01. The van der Waals surface area contributed by atoms with E-state index in [2.05, 4.69) is 46.1 Å². The fourth-order valence-corrected chi connectivity index (χ4v) is 3.72. The van der Waals surface area contributed by atoms with E-state index >= 15 is 0 Å². The van der Waals surface area contributed by atoms with Crippen LogP contribution < -0.4 is 5.32 Å². The first-order valence-electron chi connectivity index (χ1n) is 9.30. The van der Waals surface area contributed by atoms with Crippen molar-refractivity contribution in [1.29, 1.82) is 0 Å². The number of rotatable bonds is 8. The zero-order valence-corrected chi connectivity index (χ0v) is 15.7. The van der Waals surface area contributed by atoms with Crippen LogP contribution in [0.3, 0.4) is 0 Å². The van der Waals surface area contributed by atoms with Crippen molar-refractivity contribution in [1.82, 2.24) is 19.8 Å². The highest BCUT2D eigenvalue weighted by atomic mass is 16.4. The number of hydrogen-bond donors (Lipinski definition) is 2. The number of carboxylic acid groups (broad SMARTS) is 1. The molecule has 1 saturated carbocycles. The van der Waals surface area contributed by atoms with Gasteiger partial charge in [-0.3, -0.25) is 9.69 Å². The van der Waals surface area contributed by atoms with E-state index in [-0.39, 0.29) is 12.6 Å². The summed E-state index contributed by atoms with van der Waals surface area (Å²) in [5.41, 5.74) is 2.37. The average molecular weight is 356 g/mol. The average Bonchev–Trinajstić information content (AvgIpc) is 3.01. The van der Waals surface area contributed by atoms with E-state index in [1.165, 1.54) is 5.56 Å². The molecular weight excluding hydrogens is 328 g/mol. The number of nitrogens with zero attached hydrogens (tertiary/aromatic N) is 3. The maximum atomic E-state index is 10.9. The standard InChI is InChI=1S/C20H28N4O2/c1-4-23(13-20(25)26)19-11-17(12-19)22-14(2)16-5-7-18(8-6-16)24-10-9-21-15(24)3/h5-10,14,17,19,22H,4,11-13H2,1-3H3,(H,25,26). The molecule has 3 rings (SSSR count).